The van der Waals surface area contributed by atoms with Crippen molar-refractivity contribution in [2.24, 2.45) is 0 Å². The number of hydrogen-bond donors (Lipinski definition) is 1. The van der Waals surface area contributed by atoms with Crippen molar-refractivity contribution in [3.05, 3.63) is 0 Å². The van der Waals surface area contributed by atoms with Crippen LogP contribution in [0.4, 0.5) is 4.79 Å². The summed E-state index contributed by atoms with van der Waals surface area (Å²) >= 11 is 0. The average Bonchev–Trinajstić information content (AvgIpc) is 2.63. The van der Waals surface area contributed by atoms with Crippen molar-refractivity contribution >= 4 is 6.16 Å². The Morgan fingerprint density at radius 1 is 1.31 bits per heavy atom. The lowest BCUT2D eigenvalue weighted by molar-refractivity contribution is 0.0151. The van der Waals surface area contributed by atoms with E-state index in [4.69, 9.17) is 9.47 Å². The summed E-state index contributed by atoms with van der Waals surface area (Å²) in [5.41, 5.74) is 0.245. The summed E-state index contributed by atoms with van der Waals surface area (Å²) in [6, 6.07) is 0. The van der Waals surface area contributed by atoms with Gasteiger partial charge in [0.1, 0.15) is 0 Å². The molecule has 0 aromatic heterocycles. The van der Waals surface area contributed by atoms with E-state index in [0.717, 1.165) is 12.8 Å². The number of rotatable bonds is 2. The molecule has 1 atom stereocenters. The van der Waals surface area contributed by atoms with Crippen molar-refractivity contribution in [1.29, 1.82) is 0 Å². The van der Waals surface area contributed by atoms with Gasteiger partial charge >= 0.3 is 6.16 Å². The Morgan fingerprint density at radius 3 is 2.75 bits per heavy atom. The molecule has 1 saturated carbocycles. The molecular weight excluding hydrogens is 206 g/mol. The second-order valence-electron chi connectivity index (χ2n) is 4.81. The molecule has 1 heterocycles. The summed E-state index contributed by atoms with van der Waals surface area (Å²) < 4.78 is 9.99. The van der Waals surface area contributed by atoms with Crippen molar-refractivity contribution in [2.45, 2.75) is 63.6 Å². The highest BCUT2D eigenvalue weighted by molar-refractivity contribution is 5.60. The standard InChI is InChI=1S/C12H21NO3/c1-2-15-11(14)16-10-6-9-12(13-10)7-4-3-5-8-12/h10,13H,2-9H2,1H3. The summed E-state index contributed by atoms with van der Waals surface area (Å²) in [5, 5.41) is 3.47. The second-order valence-corrected chi connectivity index (χ2v) is 4.81. The van der Waals surface area contributed by atoms with Crippen LogP contribution >= 0.6 is 0 Å². The fraction of sp³-hybridized carbons (Fsp3) is 0.917. The lowest BCUT2D eigenvalue weighted by atomic mass is 9.81. The predicted octanol–water partition coefficient (Wildman–Crippen LogP) is 2.57. The minimum Gasteiger partial charge on any atom is -0.435 e. The van der Waals surface area contributed by atoms with E-state index in [-0.39, 0.29) is 11.8 Å². The maximum Gasteiger partial charge on any atom is 0.509 e. The maximum atomic E-state index is 11.2. The van der Waals surface area contributed by atoms with Crippen LogP contribution in [0, 0.1) is 0 Å². The second kappa shape index (κ2) is 5.04. The Morgan fingerprint density at radius 2 is 2.06 bits per heavy atom. The molecule has 0 bridgehead atoms. The quantitative estimate of drug-likeness (QED) is 0.736. The molecule has 0 amide bonds. The Hall–Kier alpha value is -0.770. The Kier molecular flexibility index (Phi) is 3.69. The summed E-state index contributed by atoms with van der Waals surface area (Å²) in [5.74, 6) is 0. The maximum absolute atomic E-state index is 11.2. The summed E-state index contributed by atoms with van der Waals surface area (Å²) in [4.78, 5) is 11.2. The number of hydrogen-bond acceptors (Lipinski definition) is 4. The largest absolute Gasteiger partial charge is 0.509 e. The van der Waals surface area contributed by atoms with Crippen LogP contribution in [-0.4, -0.2) is 24.5 Å². The molecule has 16 heavy (non-hydrogen) atoms. The fourth-order valence-corrected chi connectivity index (χ4v) is 2.87. The van der Waals surface area contributed by atoms with Crippen LogP contribution in [-0.2, 0) is 9.47 Å². The van der Waals surface area contributed by atoms with E-state index in [1.54, 1.807) is 6.92 Å². The van der Waals surface area contributed by atoms with Gasteiger partial charge in [0.15, 0.2) is 6.23 Å². The zero-order valence-electron chi connectivity index (χ0n) is 9.96. The summed E-state index contributed by atoms with van der Waals surface area (Å²) in [6.45, 7) is 2.16. The van der Waals surface area contributed by atoms with Crippen molar-refractivity contribution < 1.29 is 14.3 Å². The number of carbonyl (C=O) groups excluding carboxylic acids is 1. The highest BCUT2D eigenvalue weighted by Crippen LogP contribution is 2.37. The molecule has 2 fully saturated rings. The average molecular weight is 227 g/mol. The first-order chi connectivity index (χ1) is 7.74. The number of ether oxygens (including phenoxy) is 2. The first-order valence-electron chi connectivity index (χ1n) is 6.35. The van der Waals surface area contributed by atoms with Crippen molar-refractivity contribution in [3.63, 3.8) is 0 Å². The monoisotopic (exact) mass is 227 g/mol. The molecule has 0 aromatic carbocycles. The van der Waals surface area contributed by atoms with E-state index in [2.05, 4.69) is 5.32 Å². The third-order valence-corrected chi connectivity index (χ3v) is 3.66. The highest BCUT2D eigenvalue weighted by Gasteiger charge is 2.40. The topological polar surface area (TPSA) is 47.6 Å². The van der Waals surface area contributed by atoms with Crippen molar-refractivity contribution in [1.82, 2.24) is 5.32 Å². The van der Waals surface area contributed by atoms with Gasteiger partial charge in [0.05, 0.1) is 6.61 Å². The van der Waals surface area contributed by atoms with Crippen LogP contribution in [0.25, 0.3) is 0 Å². The highest BCUT2D eigenvalue weighted by atomic mass is 16.7. The van der Waals surface area contributed by atoms with Crippen LogP contribution in [0.5, 0.6) is 0 Å². The smallest absolute Gasteiger partial charge is 0.435 e. The van der Waals surface area contributed by atoms with Gasteiger partial charge in [-0.25, -0.2) is 4.79 Å². The Bertz CT molecular complexity index is 249. The molecule has 92 valence electrons. The van der Waals surface area contributed by atoms with Gasteiger partial charge in [0.2, 0.25) is 0 Å². The fourth-order valence-electron chi connectivity index (χ4n) is 2.87. The van der Waals surface area contributed by atoms with E-state index in [0.29, 0.717) is 6.61 Å². The van der Waals surface area contributed by atoms with Gasteiger partial charge in [-0.15, -0.1) is 0 Å². The molecule has 2 aliphatic rings. The first-order valence-corrected chi connectivity index (χ1v) is 6.35. The van der Waals surface area contributed by atoms with Gasteiger partial charge < -0.3 is 9.47 Å². The van der Waals surface area contributed by atoms with Crippen molar-refractivity contribution in [3.8, 4) is 0 Å². The van der Waals surface area contributed by atoms with Crippen LogP contribution in [0.3, 0.4) is 0 Å². The van der Waals surface area contributed by atoms with Crippen LogP contribution in [0.1, 0.15) is 51.9 Å². The van der Waals surface area contributed by atoms with E-state index in [1.165, 1.54) is 32.1 Å². The molecule has 1 aliphatic carbocycles. The predicted molar refractivity (Wildman–Crippen MR) is 60.1 cm³/mol. The lowest BCUT2D eigenvalue weighted by Gasteiger charge is -2.34. The molecule has 1 spiro atoms. The molecular formula is C12H21NO3. The Labute approximate surface area is 96.7 Å². The number of carbonyl (C=O) groups is 1. The molecule has 2 rings (SSSR count). The van der Waals surface area contributed by atoms with Gasteiger partial charge in [-0.3, -0.25) is 5.32 Å². The van der Waals surface area contributed by atoms with Crippen LogP contribution in [0.15, 0.2) is 0 Å². The normalized spacial score (nSPS) is 27.9. The van der Waals surface area contributed by atoms with Gasteiger partial charge in [-0.2, -0.15) is 0 Å². The van der Waals surface area contributed by atoms with E-state index < -0.39 is 6.16 Å². The summed E-state index contributed by atoms with van der Waals surface area (Å²) in [7, 11) is 0. The summed E-state index contributed by atoms with van der Waals surface area (Å²) in [6.07, 6.45) is 7.71. The third-order valence-electron chi connectivity index (χ3n) is 3.66. The molecule has 4 heteroatoms. The van der Waals surface area contributed by atoms with E-state index in [9.17, 15) is 4.79 Å². The van der Waals surface area contributed by atoms with Crippen LogP contribution in [0.2, 0.25) is 0 Å². The van der Waals surface area contributed by atoms with Gasteiger partial charge in [-0.1, -0.05) is 19.3 Å². The third kappa shape index (κ3) is 2.67. The van der Waals surface area contributed by atoms with E-state index >= 15 is 0 Å². The molecule has 1 aliphatic heterocycles. The number of nitrogens with one attached hydrogen (secondary N) is 1. The first kappa shape index (κ1) is 11.7. The zero-order valence-corrected chi connectivity index (χ0v) is 9.96. The van der Waals surface area contributed by atoms with E-state index in [1.807, 2.05) is 0 Å². The molecule has 0 aromatic rings. The van der Waals surface area contributed by atoms with Crippen LogP contribution < -0.4 is 5.32 Å². The molecule has 4 nitrogen and oxygen atoms in total. The molecule has 1 saturated heterocycles. The van der Waals surface area contributed by atoms with Gasteiger partial charge in [0.25, 0.3) is 0 Å². The SMILES string of the molecule is CCOC(=O)OC1CCC2(CCCCC2)N1. The minimum absolute atomic E-state index is 0.142. The Balaban J connectivity index is 1.80. The lowest BCUT2D eigenvalue weighted by Crippen LogP contribution is -2.45. The molecule has 0 radical (unpaired) electrons. The molecule has 1 N–H and O–H groups in total. The zero-order chi connectivity index (χ0) is 11.4. The van der Waals surface area contributed by atoms with Gasteiger partial charge in [0, 0.05) is 12.0 Å². The van der Waals surface area contributed by atoms with Gasteiger partial charge in [-0.05, 0) is 26.2 Å². The van der Waals surface area contributed by atoms with Crippen molar-refractivity contribution in [2.75, 3.05) is 6.61 Å². The molecule has 1 unspecified atom stereocenters. The minimum atomic E-state index is -0.548.